The first-order chi connectivity index (χ1) is 8.88. The number of hydrogen-bond acceptors (Lipinski definition) is 4. The van der Waals surface area contributed by atoms with Crippen LogP contribution in [0.1, 0.15) is 12.5 Å². The summed E-state index contributed by atoms with van der Waals surface area (Å²) in [4.78, 5) is 23.2. The standard InChI is InChI=1S/C13H16N2O4/c1-8-3-11(5-12(4-8)15(18)19)14-6-10(7-14)9(2)13(16)17/h3-5,9-10H,6-7H2,1-2H3,(H,16,17). The Bertz CT molecular complexity index is 523. The zero-order valence-electron chi connectivity index (χ0n) is 10.9. The highest BCUT2D eigenvalue weighted by Crippen LogP contribution is 2.32. The van der Waals surface area contributed by atoms with Gasteiger partial charge in [-0.25, -0.2) is 0 Å². The van der Waals surface area contributed by atoms with Crippen LogP contribution >= 0.6 is 0 Å². The number of hydrogen-bond donors (Lipinski definition) is 1. The number of carboxylic acid groups (broad SMARTS) is 1. The lowest BCUT2D eigenvalue weighted by Gasteiger charge is -2.42. The van der Waals surface area contributed by atoms with Crippen LogP contribution in [-0.4, -0.2) is 29.1 Å². The summed E-state index contributed by atoms with van der Waals surface area (Å²) in [5.74, 6) is -1.06. The molecule has 102 valence electrons. The molecule has 1 heterocycles. The predicted molar refractivity (Wildman–Crippen MR) is 70.3 cm³/mol. The number of benzene rings is 1. The molecule has 0 aromatic heterocycles. The van der Waals surface area contributed by atoms with Crippen molar-refractivity contribution in [1.82, 2.24) is 0 Å². The van der Waals surface area contributed by atoms with Gasteiger partial charge in [-0.1, -0.05) is 6.92 Å². The van der Waals surface area contributed by atoms with E-state index in [2.05, 4.69) is 0 Å². The van der Waals surface area contributed by atoms with E-state index >= 15 is 0 Å². The molecule has 1 aromatic carbocycles. The van der Waals surface area contributed by atoms with Crippen molar-refractivity contribution in [3.63, 3.8) is 0 Å². The monoisotopic (exact) mass is 264 g/mol. The average Bonchev–Trinajstić information content (AvgIpc) is 2.25. The molecule has 1 aliphatic rings. The van der Waals surface area contributed by atoms with Crippen LogP contribution in [0.5, 0.6) is 0 Å². The maximum atomic E-state index is 10.9. The lowest BCUT2D eigenvalue weighted by atomic mass is 9.86. The summed E-state index contributed by atoms with van der Waals surface area (Å²) >= 11 is 0. The highest BCUT2D eigenvalue weighted by molar-refractivity contribution is 5.71. The fourth-order valence-electron chi connectivity index (χ4n) is 2.27. The number of aliphatic carboxylic acids is 1. The van der Waals surface area contributed by atoms with Crippen molar-refractivity contribution in [2.75, 3.05) is 18.0 Å². The minimum absolute atomic E-state index is 0.0738. The molecule has 1 saturated heterocycles. The SMILES string of the molecule is Cc1cc(N2CC(C(C)C(=O)O)C2)cc([N+](=O)[O-])c1. The average molecular weight is 264 g/mol. The maximum Gasteiger partial charge on any atom is 0.306 e. The number of non-ortho nitro benzene ring substituents is 1. The van der Waals surface area contributed by atoms with Gasteiger partial charge in [0.15, 0.2) is 0 Å². The molecule has 0 spiro atoms. The first-order valence-electron chi connectivity index (χ1n) is 6.12. The number of rotatable bonds is 4. The normalized spacial score (nSPS) is 16.8. The van der Waals surface area contributed by atoms with Crippen LogP contribution in [0.25, 0.3) is 0 Å². The molecule has 0 amide bonds. The third kappa shape index (κ3) is 2.67. The molecule has 1 aliphatic heterocycles. The molecule has 0 aliphatic carbocycles. The van der Waals surface area contributed by atoms with Gasteiger partial charge < -0.3 is 10.0 Å². The van der Waals surface area contributed by atoms with Gasteiger partial charge in [-0.2, -0.15) is 0 Å². The number of carbonyl (C=O) groups is 1. The van der Waals surface area contributed by atoms with Gasteiger partial charge in [0.2, 0.25) is 0 Å². The van der Waals surface area contributed by atoms with Crippen molar-refractivity contribution in [3.8, 4) is 0 Å². The smallest absolute Gasteiger partial charge is 0.306 e. The van der Waals surface area contributed by atoms with Gasteiger partial charge in [0.1, 0.15) is 0 Å². The second kappa shape index (κ2) is 4.87. The first kappa shape index (κ1) is 13.3. The largest absolute Gasteiger partial charge is 0.481 e. The zero-order chi connectivity index (χ0) is 14.2. The Morgan fingerprint density at radius 3 is 2.63 bits per heavy atom. The van der Waals surface area contributed by atoms with E-state index in [1.54, 1.807) is 6.92 Å². The lowest BCUT2D eigenvalue weighted by molar-refractivity contribution is -0.384. The molecule has 1 unspecified atom stereocenters. The summed E-state index contributed by atoms with van der Waals surface area (Å²) in [6, 6.07) is 4.95. The third-order valence-electron chi connectivity index (χ3n) is 3.63. The van der Waals surface area contributed by atoms with E-state index < -0.39 is 10.9 Å². The van der Waals surface area contributed by atoms with Crippen molar-refractivity contribution in [2.45, 2.75) is 13.8 Å². The van der Waals surface area contributed by atoms with Crippen molar-refractivity contribution in [1.29, 1.82) is 0 Å². The molecular weight excluding hydrogens is 248 g/mol. The van der Waals surface area contributed by atoms with E-state index in [1.165, 1.54) is 12.1 Å². The number of nitro benzene ring substituents is 1. The van der Waals surface area contributed by atoms with Crippen LogP contribution in [-0.2, 0) is 4.79 Å². The van der Waals surface area contributed by atoms with Gasteiger partial charge in [-0.3, -0.25) is 14.9 Å². The summed E-state index contributed by atoms with van der Waals surface area (Å²) in [6.45, 7) is 4.78. The van der Waals surface area contributed by atoms with Crippen LogP contribution in [0.4, 0.5) is 11.4 Å². The fraction of sp³-hybridized carbons (Fsp3) is 0.462. The van der Waals surface area contributed by atoms with Crippen molar-refractivity contribution < 1.29 is 14.8 Å². The molecule has 0 bridgehead atoms. The van der Waals surface area contributed by atoms with Crippen molar-refractivity contribution in [2.24, 2.45) is 11.8 Å². The third-order valence-corrected chi connectivity index (χ3v) is 3.63. The number of nitrogens with zero attached hydrogens (tertiary/aromatic N) is 2. The van der Waals surface area contributed by atoms with Crippen LogP contribution in [0.3, 0.4) is 0 Å². The van der Waals surface area contributed by atoms with Crippen LogP contribution in [0.2, 0.25) is 0 Å². The van der Waals surface area contributed by atoms with E-state index in [1.807, 2.05) is 17.9 Å². The van der Waals surface area contributed by atoms with Gasteiger partial charge in [-0.05, 0) is 18.6 Å². The summed E-state index contributed by atoms with van der Waals surface area (Å²) in [6.07, 6.45) is 0. The molecule has 6 nitrogen and oxygen atoms in total. The molecule has 0 radical (unpaired) electrons. The zero-order valence-corrected chi connectivity index (χ0v) is 10.9. The topological polar surface area (TPSA) is 83.7 Å². The number of aryl methyl sites for hydroxylation is 1. The van der Waals surface area contributed by atoms with E-state index in [9.17, 15) is 14.9 Å². The Labute approximate surface area is 110 Å². The Morgan fingerprint density at radius 2 is 2.11 bits per heavy atom. The van der Waals surface area contributed by atoms with Crippen molar-refractivity contribution in [3.05, 3.63) is 33.9 Å². The summed E-state index contributed by atoms with van der Waals surface area (Å²) in [5.41, 5.74) is 1.70. The molecular formula is C13H16N2O4. The highest BCUT2D eigenvalue weighted by Gasteiger charge is 2.35. The number of nitro groups is 1. The van der Waals surface area contributed by atoms with Gasteiger partial charge in [0, 0.05) is 36.8 Å². The van der Waals surface area contributed by atoms with Crippen LogP contribution in [0, 0.1) is 28.9 Å². The predicted octanol–water partition coefficient (Wildman–Crippen LogP) is 2.06. The summed E-state index contributed by atoms with van der Waals surface area (Å²) in [7, 11) is 0. The van der Waals surface area contributed by atoms with Crippen LogP contribution < -0.4 is 4.90 Å². The molecule has 0 saturated carbocycles. The Balaban J connectivity index is 2.09. The lowest BCUT2D eigenvalue weighted by Crippen LogP contribution is -2.51. The second-order valence-corrected chi connectivity index (χ2v) is 5.08. The Kier molecular flexibility index (Phi) is 3.42. The summed E-state index contributed by atoms with van der Waals surface area (Å²) in [5, 5.41) is 19.7. The quantitative estimate of drug-likeness (QED) is 0.664. The second-order valence-electron chi connectivity index (χ2n) is 5.08. The molecule has 6 heteroatoms. The van der Waals surface area contributed by atoms with E-state index in [4.69, 9.17) is 5.11 Å². The molecule has 19 heavy (non-hydrogen) atoms. The minimum atomic E-state index is -0.792. The van der Waals surface area contributed by atoms with E-state index in [-0.39, 0.29) is 17.5 Å². The Morgan fingerprint density at radius 1 is 1.47 bits per heavy atom. The number of anilines is 1. The summed E-state index contributed by atoms with van der Waals surface area (Å²) < 4.78 is 0. The minimum Gasteiger partial charge on any atom is -0.481 e. The van der Waals surface area contributed by atoms with Gasteiger partial charge in [0.05, 0.1) is 10.8 Å². The highest BCUT2D eigenvalue weighted by atomic mass is 16.6. The van der Waals surface area contributed by atoms with Gasteiger partial charge in [0.25, 0.3) is 5.69 Å². The molecule has 1 fully saturated rings. The van der Waals surface area contributed by atoms with Gasteiger partial charge >= 0.3 is 5.97 Å². The Hall–Kier alpha value is -2.11. The first-order valence-corrected chi connectivity index (χ1v) is 6.12. The van der Waals surface area contributed by atoms with E-state index in [0.29, 0.717) is 13.1 Å². The molecule has 1 atom stereocenters. The fourth-order valence-corrected chi connectivity index (χ4v) is 2.27. The number of carboxylic acids is 1. The molecule has 1 aromatic rings. The maximum absolute atomic E-state index is 10.9. The van der Waals surface area contributed by atoms with E-state index in [0.717, 1.165) is 11.3 Å². The van der Waals surface area contributed by atoms with Gasteiger partial charge in [-0.15, -0.1) is 0 Å². The molecule has 2 rings (SSSR count). The molecule has 1 N–H and O–H groups in total. The van der Waals surface area contributed by atoms with Crippen LogP contribution in [0.15, 0.2) is 18.2 Å². The van der Waals surface area contributed by atoms with Crippen molar-refractivity contribution >= 4 is 17.3 Å².